The molecular weight excluding hydrogens is 328 g/mol. The summed E-state index contributed by atoms with van der Waals surface area (Å²) in [5, 5.41) is 0. The van der Waals surface area contributed by atoms with Gasteiger partial charge >= 0.3 is 5.97 Å². The Hall–Kier alpha value is -1.42. The van der Waals surface area contributed by atoms with Gasteiger partial charge in [-0.3, -0.25) is 9.59 Å². The molecular formula is C22H32O4. The first-order valence-electron chi connectivity index (χ1n) is 9.83. The number of rotatable bonds is 5. The Bertz CT molecular complexity index is 649. The molecule has 1 aliphatic heterocycles. The highest BCUT2D eigenvalue weighted by molar-refractivity contribution is 5.87. The van der Waals surface area contributed by atoms with E-state index in [1.54, 1.807) is 0 Å². The SMILES string of the molecule is C=C1CC[C@@H]2O[C@@]2(C)CC[C@H]2[C@H]1C[C@]2(C)C(=O)C/C=C(/C)COC(C)=O. The van der Waals surface area contributed by atoms with Gasteiger partial charge in [0, 0.05) is 18.8 Å². The molecule has 1 heterocycles. The fourth-order valence-corrected chi connectivity index (χ4v) is 4.90. The van der Waals surface area contributed by atoms with Crippen molar-refractivity contribution in [2.75, 3.05) is 6.61 Å². The smallest absolute Gasteiger partial charge is 0.302 e. The molecule has 144 valence electrons. The Labute approximate surface area is 157 Å². The first kappa shape index (κ1) is 19.3. The lowest BCUT2D eigenvalue weighted by Crippen LogP contribution is -2.51. The molecule has 0 aromatic heterocycles. The minimum atomic E-state index is -0.295. The summed E-state index contributed by atoms with van der Waals surface area (Å²) < 4.78 is 10.9. The lowest BCUT2D eigenvalue weighted by atomic mass is 9.49. The van der Waals surface area contributed by atoms with Crippen LogP contribution in [0.1, 0.15) is 66.2 Å². The summed E-state index contributed by atoms with van der Waals surface area (Å²) in [6.45, 7) is 12.2. The minimum absolute atomic E-state index is 0.0231. The molecule has 0 spiro atoms. The molecule has 2 aliphatic carbocycles. The van der Waals surface area contributed by atoms with Gasteiger partial charge in [0.05, 0.1) is 11.7 Å². The molecule has 0 aromatic carbocycles. The first-order valence-corrected chi connectivity index (χ1v) is 9.83. The topological polar surface area (TPSA) is 55.9 Å². The van der Waals surface area contributed by atoms with Gasteiger partial charge in [-0.25, -0.2) is 0 Å². The number of ether oxygens (including phenoxy) is 2. The van der Waals surface area contributed by atoms with E-state index in [9.17, 15) is 9.59 Å². The van der Waals surface area contributed by atoms with Crippen LogP contribution in [-0.2, 0) is 19.1 Å². The zero-order chi connectivity index (χ0) is 19.1. The summed E-state index contributed by atoms with van der Waals surface area (Å²) in [4.78, 5) is 23.9. The third-order valence-electron chi connectivity index (χ3n) is 6.96. The normalized spacial score (nSPS) is 39.5. The molecule has 4 heteroatoms. The number of carbonyl (C=O) groups is 2. The third kappa shape index (κ3) is 3.66. The molecule has 2 saturated carbocycles. The lowest BCUT2D eigenvalue weighted by Gasteiger charge is -2.53. The van der Waals surface area contributed by atoms with E-state index in [4.69, 9.17) is 9.47 Å². The van der Waals surface area contributed by atoms with Gasteiger partial charge in [-0.15, -0.1) is 0 Å². The van der Waals surface area contributed by atoms with Gasteiger partial charge in [0.15, 0.2) is 0 Å². The van der Waals surface area contributed by atoms with E-state index in [1.165, 1.54) is 12.5 Å². The van der Waals surface area contributed by atoms with Crippen molar-refractivity contribution in [1.29, 1.82) is 0 Å². The van der Waals surface area contributed by atoms with Gasteiger partial charge in [0.25, 0.3) is 0 Å². The van der Waals surface area contributed by atoms with Crippen molar-refractivity contribution in [2.45, 2.75) is 77.9 Å². The van der Waals surface area contributed by atoms with E-state index in [0.29, 0.717) is 30.1 Å². The van der Waals surface area contributed by atoms with Crippen molar-refractivity contribution in [1.82, 2.24) is 0 Å². The number of Topliss-reactive ketones (excluding diaryl/α,β-unsaturated/α-hetero) is 1. The summed E-state index contributed by atoms with van der Waals surface area (Å²) >= 11 is 0. The second-order valence-corrected chi connectivity index (χ2v) is 8.95. The quantitative estimate of drug-likeness (QED) is 0.415. The van der Waals surface area contributed by atoms with Crippen molar-refractivity contribution in [2.24, 2.45) is 17.3 Å². The Morgan fingerprint density at radius 2 is 2.04 bits per heavy atom. The van der Waals surface area contributed by atoms with Crippen molar-refractivity contribution in [3.63, 3.8) is 0 Å². The van der Waals surface area contributed by atoms with E-state index in [0.717, 1.165) is 37.7 Å². The van der Waals surface area contributed by atoms with Crippen LogP contribution in [0.25, 0.3) is 0 Å². The summed E-state index contributed by atoms with van der Waals surface area (Å²) in [7, 11) is 0. The lowest BCUT2D eigenvalue weighted by molar-refractivity contribution is -0.142. The number of hydrogen-bond acceptors (Lipinski definition) is 4. The van der Waals surface area contributed by atoms with Crippen LogP contribution >= 0.6 is 0 Å². The van der Waals surface area contributed by atoms with E-state index in [-0.39, 0.29) is 23.6 Å². The van der Waals surface area contributed by atoms with Crippen molar-refractivity contribution in [3.8, 4) is 0 Å². The third-order valence-corrected chi connectivity index (χ3v) is 6.96. The molecule has 26 heavy (non-hydrogen) atoms. The van der Waals surface area contributed by atoms with Crippen LogP contribution in [0, 0.1) is 17.3 Å². The number of esters is 1. The number of fused-ring (bicyclic) bond motifs is 2. The highest BCUT2D eigenvalue weighted by Gasteiger charge is 2.58. The number of hydrogen-bond donors (Lipinski definition) is 0. The highest BCUT2D eigenvalue weighted by atomic mass is 16.6. The van der Waals surface area contributed by atoms with E-state index < -0.39 is 0 Å². The first-order chi connectivity index (χ1) is 12.2. The molecule has 0 unspecified atom stereocenters. The minimum Gasteiger partial charge on any atom is -0.461 e. The molecule has 0 radical (unpaired) electrons. The van der Waals surface area contributed by atoms with Crippen LogP contribution in [0.15, 0.2) is 23.8 Å². The van der Waals surface area contributed by atoms with Crippen LogP contribution < -0.4 is 0 Å². The highest BCUT2D eigenvalue weighted by Crippen LogP contribution is 2.60. The summed E-state index contributed by atoms with van der Waals surface area (Å²) in [6.07, 6.45) is 7.80. The second kappa shape index (κ2) is 6.95. The number of epoxide rings is 1. The molecule has 3 fully saturated rings. The molecule has 0 bridgehead atoms. The van der Waals surface area contributed by atoms with E-state index >= 15 is 0 Å². The van der Waals surface area contributed by atoms with Crippen LogP contribution in [0.2, 0.25) is 0 Å². The molecule has 1 saturated heterocycles. The monoisotopic (exact) mass is 360 g/mol. The molecule has 0 aromatic rings. The summed E-state index contributed by atoms with van der Waals surface area (Å²) in [6, 6.07) is 0. The van der Waals surface area contributed by atoms with Crippen molar-refractivity contribution in [3.05, 3.63) is 23.8 Å². The largest absolute Gasteiger partial charge is 0.461 e. The van der Waals surface area contributed by atoms with E-state index in [2.05, 4.69) is 20.4 Å². The fraction of sp³-hybridized carbons (Fsp3) is 0.727. The maximum atomic E-state index is 13.0. The van der Waals surface area contributed by atoms with Crippen LogP contribution in [0.5, 0.6) is 0 Å². The molecule has 0 N–H and O–H groups in total. The zero-order valence-electron chi connectivity index (χ0n) is 16.6. The van der Waals surface area contributed by atoms with Crippen LogP contribution in [-0.4, -0.2) is 30.1 Å². The summed E-state index contributed by atoms with van der Waals surface area (Å²) in [5.74, 6) is 0.864. The Kier molecular flexibility index (Phi) is 5.17. The Balaban J connectivity index is 1.63. The van der Waals surface area contributed by atoms with Gasteiger partial charge in [-0.05, 0) is 63.4 Å². The van der Waals surface area contributed by atoms with E-state index in [1.807, 2.05) is 13.0 Å². The Morgan fingerprint density at radius 1 is 1.31 bits per heavy atom. The van der Waals surface area contributed by atoms with Gasteiger partial charge in [-0.2, -0.15) is 0 Å². The Morgan fingerprint density at radius 3 is 2.73 bits per heavy atom. The molecule has 3 rings (SSSR count). The van der Waals surface area contributed by atoms with Gasteiger partial charge in [-0.1, -0.05) is 25.2 Å². The average Bonchev–Trinajstić information content (AvgIpc) is 3.22. The summed E-state index contributed by atoms with van der Waals surface area (Å²) in [5.41, 5.74) is 1.99. The standard InChI is InChI=1S/C22H32O4/c1-14(13-25-16(3)23)6-8-19(24)21(4)12-17-15(2)7-9-20-22(5,26-20)11-10-18(17)21/h6,17-18,20H,2,7-13H2,1,3-5H3/b14-6-/t17-,18-,20-,21-,22-/m0/s1. The molecule has 3 aliphatic rings. The van der Waals surface area contributed by atoms with Crippen molar-refractivity contribution < 1.29 is 19.1 Å². The number of carbonyl (C=O) groups excluding carboxylic acids is 2. The number of ketones is 1. The maximum absolute atomic E-state index is 13.0. The van der Waals surface area contributed by atoms with Gasteiger partial charge < -0.3 is 9.47 Å². The molecule has 0 amide bonds. The van der Waals surface area contributed by atoms with Crippen LogP contribution in [0.3, 0.4) is 0 Å². The molecule has 5 atom stereocenters. The molecule has 4 nitrogen and oxygen atoms in total. The number of allylic oxidation sites excluding steroid dienone is 2. The second-order valence-electron chi connectivity index (χ2n) is 8.95. The zero-order valence-corrected chi connectivity index (χ0v) is 16.6. The predicted molar refractivity (Wildman–Crippen MR) is 101 cm³/mol. The van der Waals surface area contributed by atoms with Gasteiger partial charge in [0.1, 0.15) is 12.4 Å². The maximum Gasteiger partial charge on any atom is 0.302 e. The van der Waals surface area contributed by atoms with Gasteiger partial charge in [0.2, 0.25) is 0 Å². The van der Waals surface area contributed by atoms with Crippen molar-refractivity contribution >= 4 is 11.8 Å². The fourth-order valence-electron chi connectivity index (χ4n) is 4.90. The van der Waals surface area contributed by atoms with Crippen LogP contribution in [0.4, 0.5) is 0 Å². The predicted octanol–water partition coefficient (Wildman–Crippen LogP) is 4.39. The average molecular weight is 360 g/mol.